The number of hydrogen-bond acceptors (Lipinski definition) is 3. The molecule has 0 spiro atoms. The lowest BCUT2D eigenvalue weighted by atomic mass is 10.1. The Hall–Kier alpha value is -2.33. The quantitative estimate of drug-likeness (QED) is 0.919. The average molecular weight is 285 g/mol. The maximum Gasteiger partial charge on any atom is 0.254 e. The lowest BCUT2D eigenvalue weighted by molar-refractivity contribution is 0.0682. The Labute approximate surface area is 124 Å². The van der Waals surface area contributed by atoms with Crippen molar-refractivity contribution in [2.45, 2.75) is 13.0 Å². The van der Waals surface area contributed by atoms with Gasteiger partial charge in [0.25, 0.3) is 5.91 Å². The number of benzene rings is 2. The van der Waals surface area contributed by atoms with Crippen LogP contribution in [0.15, 0.2) is 54.6 Å². The monoisotopic (exact) mass is 285 g/mol. The van der Waals surface area contributed by atoms with E-state index in [-0.39, 0.29) is 18.6 Å². The maximum atomic E-state index is 12.3. The molecule has 0 aromatic heterocycles. The minimum absolute atomic E-state index is 0.0670. The Balaban J connectivity index is 2.16. The summed E-state index contributed by atoms with van der Waals surface area (Å²) in [4.78, 5) is 13.8. The number of amides is 1. The number of rotatable bonds is 5. The van der Waals surface area contributed by atoms with Crippen LogP contribution in [-0.4, -0.2) is 35.6 Å². The van der Waals surface area contributed by atoms with Gasteiger partial charge in [0.2, 0.25) is 0 Å². The molecule has 0 aliphatic heterocycles. The van der Waals surface area contributed by atoms with Crippen molar-refractivity contribution in [3.63, 3.8) is 0 Å². The highest BCUT2D eigenvalue weighted by Gasteiger charge is 2.17. The third kappa shape index (κ3) is 3.83. The maximum absolute atomic E-state index is 12.3. The zero-order valence-electron chi connectivity index (χ0n) is 12.2. The molecule has 1 amide bonds. The topological polar surface area (TPSA) is 49.8 Å². The molecule has 21 heavy (non-hydrogen) atoms. The second-order valence-corrected chi connectivity index (χ2v) is 4.89. The Morgan fingerprint density at radius 3 is 2.48 bits per heavy atom. The number of carbonyl (C=O) groups is 1. The van der Waals surface area contributed by atoms with Crippen molar-refractivity contribution < 1.29 is 14.6 Å². The smallest absolute Gasteiger partial charge is 0.254 e. The predicted molar refractivity (Wildman–Crippen MR) is 81.6 cm³/mol. The Kier molecular flexibility index (Phi) is 4.95. The number of likely N-dealkylation sites (N-methyl/N-ethyl adjacent to an activating group) is 1. The molecule has 2 aromatic rings. The van der Waals surface area contributed by atoms with Gasteiger partial charge in [-0.1, -0.05) is 24.3 Å². The van der Waals surface area contributed by atoms with Gasteiger partial charge < -0.3 is 14.7 Å². The van der Waals surface area contributed by atoms with Gasteiger partial charge in [-0.3, -0.25) is 4.79 Å². The molecule has 2 rings (SSSR count). The summed E-state index contributed by atoms with van der Waals surface area (Å²) in [7, 11) is 1.67. The largest absolute Gasteiger partial charge is 0.457 e. The minimum Gasteiger partial charge on any atom is -0.457 e. The third-order valence-electron chi connectivity index (χ3n) is 3.31. The van der Waals surface area contributed by atoms with Crippen LogP contribution in [-0.2, 0) is 0 Å². The SMILES string of the molecule is CC(CO)N(C)C(=O)c1cccc(Oc2ccccc2)c1. The Morgan fingerprint density at radius 2 is 1.81 bits per heavy atom. The van der Waals surface area contributed by atoms with Crippen LogP contribution in [0.1, 0.15) is 17.3 Å². The standard InChI is InChI=1S/C17H19NO3/c1-13(12-19)18(2)17(20)14-7-6-10-16(11-14)21-15-8-4-3-5-9-15/h3-11,13,19H,12H2,1-2H3. The zero-order valence-corrected chi connectivity index (χ0v) is 12.2. The molecule has 0 saturated heterocycles. The first-order valence-electron chi connectivity index (χ1n) is 6.83. The summed E-state index contributed by atoms with van der Waals surface area (Å²) in [6, 6.07) is 16.2. The Bertz CT molecular complexity index is 598. The van der Waals surface area contributed by atoms with Crippen molar-refractivity contribution in [3.8, 4) is 11.5 Å². The van der Waals surface area contributed by atoms with E-state index in [1.807, 2.05) is 30.3 Å². The molecule has 0 aliphatic carbocycles. The lowest BCUT2D eigenvalue weighted by Gasteiger charge is -2.23. The summed E-state index contributed by atoms with van der Waals surface area (Å²) in [6.07, 6.45) is 0. The normalized spacial score (nSPS) is 11.8. The minimum atomic E-state index is -0.226. The van der Waals surface area contributed by atoms with E-state index in [4.69, 9.17) is 9.84 Å². The second kappa shape index (κ2) is 6.90. The van der Waals surface area contributed by atoms with E-state index in [2.05, 4.69) is 0 Å². The van der Waals surface area contributed by atoms with Crippen molar-refractivity contribution in [2.75, 3.05) is 13.7 Å². The molecule has 1 atom stereocenters. The van der Waals surface area contributed by atoms with Crippen LogP contribution in [0.2, 0.25) is 0 Å². The van der Waals surface area contributed by atoms with E-state index in [1.54, 1.807) is 38.2 Å². The first kappa shape index (κ1) is 15.1. The van der Waals surface area contributed by atoms with Crippen LogP contribution in [0.5, 0.6) is 11.5 Å². The number of carbonyl (C=O) groups excluding carboxylic acids is 1. The van der Waals surface area contributed by atoms with E-state index >= 15 is 0 Å². The Morgan fingerprint density at radius 1 is 1.14 bits per heavy atom. The molecule has 0 heterocycles. The average Bonchev–Trinajstić information content (AvgIpc) is 2.54. The summed E-state index contributed by atoms with van der Waals surface area (Å²) in [6.45, 7) is 1.73. The summed E-state index contributed by atoms with van der Waals surface area (Å²) in [5, 5.41) is 9.13. The van der Waals surface area contributed by atoms with Crippen LogP contribution in [0, 0.1) is 0 Å². The number of aliphatic hydroxyl groups excluding tert-OH is 1. The van der Waals surface area contributed by atoms with E-state index in [0.29, 0.717) is 11.3 Å². The highest BCUT2D eigenvalue weighted by Crippen LogP contribution is 2.22. The van der Waals surface area contributed by atoms with E-state index in [0.717, 1.165) is 5.75 Å². The van der Waals surface area contributed by atoms with Gasteiger partial charge in [-0.25, -0.2) is 0 Å². The molecule has 1 unspecified atom stereocenters. The van der Waals surface area contributed by atoms with Crippen LogP contribution in [0.4, 0.5) is 0 Å². The van der Waals surface area contributed by atoms with Crippen molar-refractivity contribution in [2.24, 2.45) is 0 Å². The number of nitrogens with zero attached hydrogens (tertiary/aromatic N) is 1. The summed E-state index contributed by atoms with van der Waals surface area (Å²) < 4.78 is 5.72. The fourth-order valence-corrected chi connectivity index (χ4v) is 1.84. The van der Waals surface area contributed by atoms with Crippen molar-refractivity contribution >= 4 is 5.91 Å². The van der Waals surface area contributed by atoms with Crippen LogP contribution in [0.25, 0.3) is 0 Å². The fraction of sp³-hybridized carbons (Fsp3) is 0.235. The first-order chi connectivity index (χ1) is 10.1. The summed E-state index contributed by atoms with van der Waals surface area (Å²) in [5.41, 5.74) is 0.534. The van der Waals surface area contributed by atoms with Gasteiger partial charge in [-0.15, -0.1) is 0 Å². The third-order valence-corrected chi connectivity index (χ3v) is 3.31. The second-order valence-electron chi connectivity index (χ2n) is 4.89. The van der Waals surface area contributed by atoms with E-state index in [1.165, 1.54) is 4.90 Å². The summed E-state index contributed by atoms with van der Waals surface area (Å²) in [5.74, 6) is 1.19. The molecule has 0 radical (unpaired) electrons. The van der Waals surface area contributed by atoms with Gasteiger partial charge in [0.1, 0.15) is 11.5 Å². The first-order valence-corrected chi connectivity index (χ1v) is 6.83. The van der Waals surface area contributed by atoms with Crippen molar-refractivity contribution in [1.29, 1.82) is 0 Å². The molecule has 110 valence electrons. The number of para-hydroxylation sites is 1. The molecule has 0 saturated carbocycles. The molecule has 4 nitrogen and oxygen atoms in total. The van der Waals surface area contributed by atoms with Gasteiger partial charge >= 0.3 is 0 Å². The molecule has 2 aromatic carbocycles. The molecule has 1 N–H and O–H groups in total. The molecule has 0 aliphatic rings. The number of ether oxygens (including phenoxy) is 1. The number of aliphatic hydroxyl groups is 1. The van der Waals surface area contributed by atoms with Crippen molar-refractivity contribution in [1.82, 2.24) is 4.90 Å². The van der Waals surface area contributed by atoms with Gasteiger partial charge in [0.15, 0.2) is 0 Å². The molecule has 0 bridgehead atoms. The zero-order chi connectivity index (χ0) is 15.2. The van der Waals surface area contributed by atoms with Gasteiger partial charge in [-0.2, -0.15) is 0 Å². The van der Waals surface area contributed by atoms with E-state index < -0.39 is 0 Å². The molecular formula is C17H19NO3. The van der Waals surface area contributed by atoms with Crippen LogP contribution >= 0.6 is 0 Å². The molecule has 4 heteroatoms. The van der Waals surface area contributed by atoms with E-state index in [9.17, 15) is 4.79 Å². The fourth-order valence-electron chi connectivity index (χ4n) is 1.84. The van der Waals surface area contributed by atoms with Crippen LogP contribution < -0.4 is 4.74 Å². The predicted octanol–water partition coefficient (Wildman–Crippen LogP) is 2.93. The van der Waals surface area contributed by atoms with Gasteiger partial charge in [-0.05, 0) is 37.3 Å². The van der Waals surface area contributed by atoms with Gasteiger partial charge in [0.05, 0.1) is 12.6 Å². The molecular weight excluding hydrogens is 266 g/mol. The highest BCUT2D eigenvalue weighted by atomic mass is 16.5. The van der Waals surface area contributed by atoms with Crippen LogP contribution in [0.3, 0.4) is 0 Å². The number of hydrogen-bond donors (Lipinski definition) is 1. The van der Waals surface area contributed by atoms with Crippen molar-refractivity contribution in [3.05, 3.63) is 60.2 Å². The molecule has 0 fully saturated rings. The summed E-state index contributed by atoms with van der Waals surface area (Å²) >= 11 is 0. The highest BCUT2D eigenvalue weighted by molar-refractivity contribution is 5.94. The lowest BCUT2D eigenvalue weighted by Crippen LogP contribution is -2.37. The van der Waals surface area contributed by atoms with Gasteiger partial charge in [0, 0.05) is 12.6 Å².